The number of carbonyl (C=O) groups excluding carboxylic acids is 1. The zero-order valence-electron chi connectivity index (χ0n) is 23.1. The highest BCUT2D eigenvalue weighted by Gasteiger charge is 2.12. The summed E-state index contributed by atoms with van der Waals surface area (Å²) in [4.78, 5) is 23.6. The van der Waals surface area contributed by atoms with Gasteiger partial charge in [0.1, 0.15) is 30.5 Å². The van der Waals surface area contributed by atoms with Gasteiger partial charge < -0.3 is 23.6 Å². The largest absolute Gasteiger partial charge is 0.488 e. The van der Waals surface area contributed by atoms with Crippen LogP contribution in [0.4, 0.5) is 0 Å². The van der Waals surface area contributed by atoms with Crippen molar-refractivity contribution in [1.82, 2.24) is 9.99 Å². The number of nitrogens with zero attached hydrogens (tertiary/aromatic N) is 2. The van der Waals surface area contributed by atoms with Gasteiger partial charge in [-0.25, -0.2) is 10.2 Å². The lowest BCUT2D eigenvalue weighted by Gasteiger charge is -2.10. The molecule has 212 valence electrons. The fourth-order valence-electron chi connectivity index (χ4n) is 4.34. The minimum absolute atomic E-state index is 0.106. The lowest BCUT2D eigenvalue weighted by atomic mass is 10.1. The van der Waals surface area contributed by atoms with Gasteiger partial charge in [0, 0.05) is 22.6 Å². The zero-order chi connectivity index (χ0) is 29.5. The molecule has 3 aromatic carbocycles. The van der Waals surface area contributed by atoms with E-state index in [1.54, 1.807) is 36.4 Å². The highest BCUT2D eigenvalue weighted by molar-refractivity contribution is 5.92. The first-order chi connectivity index (χ1) is 20.4. The van der Waals surface area contributed by atoms with Crippen molar-refractivity contribution >= 4 is 18.1 Å². The third-order valence-electron chi connectivity index (χ3n) is 6.52. The van der Waals surface area contributed by atoms with E-state index in [1.165, 1.54) is 18.3 Å². The average molecular weight is 564 g/mol. The summed E-state index contributed by atoms with van der Waals surface area (Å²) in [5.41, 5.74) is 7.52. The molecule has 1 amide bonds. The minimum Gasteiger partial charge on any atom is -0.488 e. The number of benzene rings is 3. The van der Waals surface area contributed by atoms with E-state index < -0.39 is 11.9 Å². The lowest BCUT2D eigenvalue weighted by molar-refractivity contribution is 0.0696. The van der Waals surface area contributed by atoms with Gasteiger partial charge in [-0.15, -0.1) is 0 Å². The number of aromatic nitrogens is 1. The Hall–Kier alpha value is -5.57. The molecule has 2 heterocycles. The second-order valence-electron chi connectivity index (χ2n) is 9.53. The maximum Gasteiger partial charge on any atom is 0.335 e. The molecule has 0 fully saturated rings. The Morgan fingerprint density at radius 3 is 2.29 bits per heavy atom. The fraction of sp³-hybridized carbons (Fsp3) is 0.121. The number of hydrogen-bond acceptors (Lipinski definition) is 6. The molecule has 5 rings (SSSR count). The van der Waals surface area contributed by atoms with Gasteiger partial charge in [0.05, 0.1) is 11.8 Å². The molecule has 5 aromatic rings. The van der Waals surface area contributed by atoms with Gasteiger partial charge in [-0.3, -0.25) is 4.79 Å². The van der Waals surface area contributed by atoms with Crippen LogP contribution in [0.1, 0.15) is 49.2 Å². The number of amides is 1. The first kappa shape index (κ1) is 28.0. The minimum atomic E-state index is -0.981. The molecule has 0 bridgehead atoms. The Kier molecular flexibility index (Phi) is 8.48. The molecule has 0 atom stereocenters. The van der Waals surface area contributed by atoms with Crippen LogP contribution in [-0.2, 0) is 13.2 Å². The van der Waals surface area contributed by atoms with Crippen LogP contribution in [0.2, 0.25) is 0 Å². The number of furan rings is 1. The summed E-state index contributed by atoms with van der Waals surface area (Å²) >= 11 is 0. The topological polar surface area (TPSA) is 115 Å². The molecule has 0 saturated carbocycles. The number of carboxylic acids is 1. The van der Waals surface area contributed by atoms with Gasteiger partial charge in [0.2, 0.25) is 0 Å². The highest BCUT2D eigenvalue weighted by Crippen LogP contribution is 2.21. The SMILES string of the molecule is Cc1ccc(C)n1-c1ccc(OCc2ccc(C(=O)N/N=C/c3ccccc3OCc3ccc(C(=O)O)cc3)o2)cc1. The predicted octanol–water partition coefficient (Wildman–Crippen LogP) is 6.31. The number of carboxylic acid groups (broad SMARTS) is 1. The van der Waals surface area contributed by atoms with Gasteiger partial charge in [0.15, 0.2) is 5.76 Å². The number of hydrazone groups is 1. The standard InChI is InChI=1S/C33H29N3O6/c1-22-7-8-23(2)36(22)27-13-15-28(16-14-27)40-21-29-17-18-31(42-29)32(37)35-34-19-26-5-3-4-6-30(26)41-20-24-9-11-25(12-10-24)33(38)39/h3-19H,20-21H2,1-2H3,(H,35,37)(H,38,39)/b34-19+. The van der Waals surface area contributed by atoms with Crippen LogP contribution < -0.4 is 14.9 Å². The van der Waals surface area contributed by atoms with E-state index in [0.717, 1.165) is 22.6 Å². The Balaban J connectivity index is 1.13. The van der Waals surface area contributed by atoms with Crippen molar-refractivity contribution in [2.45, 2.75) is 27.1 Å². The number of nitrogens with one attached hydrogen (secondary N) is 1. The lowest BCUT2D eigenvalue weighted by Crippen LogP contribution is -2.16. The van der Waals surface area contributed by atoms with Crippen LogP contribution in [0, 0.1) is 13.8 Å². The molecule has 0 aliphatic heterocycles. The summed E-state index contributed by atoms with van der Waals surface area (Å²) in [6.45, 7) is 4.54. The van der Waals surface area contributed by atoms with Crippen molar-refractivity contribution in [1.29, 1.82) is 0 Å². The van der Waals surface area contributed by atoms with E-state index in [2.05, 4.69) is 41.1 Å². The van der Waals surface area contributed by atoms with Gasteiger partial charge >= 0.3 is 11.9 Å². The van der Waals surface area contributed by atoms with E-state index in [9.17, 15) is 9.59 Å². The fourth-order valence-corrected chi connectivity index (χ4v) is 4.34. The summed E-state index contributed by atoms with van der Waals surface area (Å²) < 4.78 is 19.5. The summed E-state index contributed by atoms with van der Waals surface area (Å²) in [6.07, 6.45) is 1.48. The highest BCUT2D eigenvalue weighted by atomic mass is 16.5. The van der Waals surface area contributed by atoms with Gasteiger partial charge in [-0.1, -0.05) is 24.3 Å². The van der Waals surface area contributed by atoms with Crippen LogP contribution >= 0.6 is 0 Å². The van der Waals surface area contributed by atoms with Crippen molar-refractivity contribution in [2.75, 3.05) is 0 Å². The molecule has 9 nitrogen and oxygen atoms in total. The Morgan fingerprint density at radius 1 is 0.857 bits per heavy atom. The van der Waals surface area contributed by atoms with Gasteiger partial charge in [-0.2, -0.15) is 5.10 Å². The second kappa shape index (κ2) is 12.7. The third kappa shape index (κ3) is 6.76. The van der Waals surface area contributed by atoms with Crippen molar-refractivity contribution in [2.24, 2.45) is 5.10 Å². The number of para-hydroxylation sites is 1. The summed E-state index contributed by atoms with van der Waals surface area (Å²) in [5.74, 6) is 0.365. The molecule has 2 aromatic heterocycles. The van der Waals surface area contributed by atoms with Crippen LogP contribution in [-0.4, -0.2) is 27.8 Å². The first-order valence-corrected chi connectivity index (χ1v) is 13.2. The number of aromatic carboxylic acids is 1. The molecule has 0 unspecified atom stereocenters. The molecule has 0 aliphatic rings. The Bertz CT molecular complexity index is 1700. The van der Waals surface area contributed by atoms with Gasteiger partial charge in [-0.05, 0) is 92.2 Å². The molecule has 0 spiro atoms. The number of aryl methyl sites for hydroxylation is 2. The van der Waals surface area contributed by atoms with Crippen molar-refractivity contribution in [3.05, 3.63) is 137 Å². The number of rotatable bonds is 11. The van der Waals surface area contributed by atoms with Crippen LogP contribution in [0.5, 0.6) is 11.5 Å². The molecular weight excluding hydrogens is 534 g/mol. The first-order valence-electron chi connectivity index (χ1n) is 13.2. The molecule has 0 saturated heterocycles. The van der Waals surface area contributed by atoms with Gasteiger partial charge in [0.25, 0.3) is 0 Å². The normalized spacial score (nSPS) is 11.0. The van der Waals surface area contributed by atoms with E-state index in [0.29, 0.717) is 22.8 Å². The van der Waals surface area contributed by atoms with E-state index in [-0.39, 0.29) is 24.5 Å². The maximum absolute atomic E-state index is 12.6. The van der Waals surface area contributed by atoms with E-state index >= 15 is 0 Å². The van der Waals surface area contributed by atoms with Crippen LogP contribution in [0.3, 0.4) is 0 Å². The predicted molar refractivity (Wildman–Crippen MR) is 158 cm³/mol. The maximum atomic E-state index is 12.6. The van der Waals surface area contributed by atoms with E-state index in [4.69, 9.17) is 19.0 Å². The summed E-state index contributed by atoms with van der Waals surface area (Å²) in [6, 6.07) is 28.9. The van der Waals surface area contributed by atoms with E-state index in [1.807, 2.05) is 36.4 Å². The molecule has 0 aliphatic carbocycles. The smallest absolute Gasteiger partial charge is 0.335 e. The van der Waals surface area contributed by atoms with Crippen molar-refractivity contribution in [3.63, 3.8) is 0 Å². The number of carbonyl (C=O) groups is 2. The van der Waals surface area contributed by atoms with Crippen molar-refractivity contribution in [3.8, 4) is 17.2 Å². The van der Waals surface area contributed by atoms with Crippen LogP contribution in [0.15, 0.2) is 107 Å². The number of ether oxygens (including phenoxy) is 2. The summed E-state index contributed by atoms with van der Waals surface area (Å²) in [7, 11) is 0. The molecule has 0 radical (unpaired) electrons. The Labute approximate surface area is 242 Å². The second-order valence-corrected chi connectivity index (χ2v) is 9.53. The summed E-state index contributed by atoms with van der Waals surface area (Å²) in [5, 5.41) is 13.1. The molecular formula is C33H29N3O6. The third-order valence-corrected chi connectivity index (χ3v) is 6.52. The quantitative estimate of drug-likeness (QED) is 0.144. The van der Waals surface area contributed by atoms with Crippen LogP contribution in [0.25, 0.3) is 5.69 Å². The Morgan fingerprint density at radius 2 is 1.57 bits per heavy atom. The molecule has 9 heteroatoms. The number of hydrogen-bond donors (Lipinski definition) is 2. The zero-order valence-corrected chi connectivity index (χ0v) is 23.1. The monoisotopic (exact) mass is 563 g/mol. The average Bonchev–Trinajstić information content (AvgIpc) is 3.62. The molecule has 2 N–H and O–H groups in total. The molecule has 42 heavy (non-hydrogen) atoms. The van der Waals surface area contributed by atoms with Crippen molar-refractivity contribution < 1.29 is 28.6 Å².